The van der Waals surface area contributed by atoms with Gasteiger partial charge >= 0.3 is 0 Å². The molecule has 0 bridgehead atoms. The van der Waals surface area contributed by atoms with Crippen LogP contribution in [0.5, 0.6) is 5.88 Å². The summed E-state index contributed by atoms with van der Waals surface area (Å²) < 4.78 is 16.4. The number of pyridine rings is 1. The average molecular weight is 350 g/mol. The van der Waals surface area contributed by atoms with Crippen LogP contribution in [0.15, 0.2) is 28.8 Å². The summed E-state index contributed by atoms with van der Waals surface area (Å²) in [6, 6.07) is 5.81. The van der Waals surface area contributed by atoms with E-state index in [-0.39, 0.29) is 5.38 Å². The lowest BCUT2D eigenvalue weighted by Crippen LogP contribution is -2.13. The molecule has 0 saturated heterocycles. The van der Waals surface area contributed by atoms with Crippen molar-refractivity contribution in [2.24, 2.45) is 5.92 Å². The number of alkyl halides is 1. The molecule has 1 aliphatic rings. The molecule has 2 heterocycles. The van der Waals surface area contributed by atoms with Gasteiger partial charge in [-0.25, -0.2) is 4.98 Å². The molecule has 2 aromatic heterocycles. The van der Waals surface area contributed by atoms with Crippen LogP contribution in [0, 0.1) is 5.92 Å². The Kier molecular flexibility index (Phi) is 5.80. The predicted octanol–water partition coefficient (Wildman–Crippen LogP) is 5.36. The van der Waals surface area contributed by atoms with E-state index in [2.05, 4.69) is 4.98 Å². The molecule has 1 saturated carbocycles. The second-order valence-corrected chi connectivity index (χ2v) is 6.78. The number of ether oxygens (including phenoxy) is 2. The van der Waals surface area contributed by atoms with Crippen LogP contribution in [0.3, 0.4) is 0 Å². The molecule has 1 unspecified atom stereocenters. The maximum atomic E-state index is 6.82. The van der Waals surface area contributed by atoms with Crippen molar-refractivity contribution in [2.45, 2.75) is 44.1 Å². The van der Waals surface area contributed by atoms with E-state index >= 15 is 0 Å². The Morgan fingerprint density at radius 2 is 2.04 bits per heavy atom. The summed E-state index contributed by atoms with van der Waals surface area (Å²) in [6.45, 7) is 0.425. The van der Waals surface area contributed by atoms with E-state index in [1.165, 1.54) is 32.1 Å². The first kappa shape index (κ1) is 17.3. The zero-order valence-corrected chi connectivity index (χ0v) is 15.0. The lowest BCUT2D eigenvalue weighted by Gasteiger charge is -2.26. The Balaban J connectivity index is 1.88. The highest BCUT2D eigenvalue weighted by molar-refractivity contribution is 6.21. The van der Waals surface area contributed by atoms with Gasteiger partial charge in [-0.05, 0) is 30.9 Å². The van der Waals surface area contributed by atoms with Gasteiger partial charge in [0.15, 0.2) is 0 Å². The van der Waals surface area contributed by atoms with E-state index in [1.807, 2.05) is 18.2 Å². The van der Waals surface area contributed by atoms with E-state index < -0.39 is 0 Å². The van der Waals surface area contributed by atoms with Crippen molar-refractivity contribution in [2.75, 3.05) is 14.2 Å². The minimum Gasteiger partial charge on any atom is -0.481 e. The summed E-state index contributed by atoms with van der Waals surface area (Å²) in [6.07, 6.45) is 7.97. The van der Waals surface area contributed by atoms with Crippen molar-refractivity contribution < 1.29 is 13.9 Å². The van der Waals surface area contributed by atoms with Crippen LogP contribution in [0.2, 0.25) is 0 Å². The number of nitrogens with zero attached hydrogens (tertiary/aromatic N) is 1. The number of halogens is 1. The van der Waals surface area contributed by atoms with Crippen molar-refractivity contribution in [1.82, 2.24) is 4.98 Å². The van der Waals surface area contributed by atoms with E-state index in [0.717, 1.165) is 22.6 Å². The summed E-state index contributed by atoms with van der Waals surface area (Å²) in [7, 11) is 3.27. The molecule has 1 aliphatic carbocycles. The number of rotatable bonds is 6. The van der Waals surface area contributed by atoms with Crippen LogP contribution in [0.25, 0.3) is 11.3 Å². The fraction of sp³-hybridized carbons (Fsp3) is 0.526. The first-order valence-corrected chi connectivity index (χ1v) is 8.92. The van der Waals surface area contributed by atoms with Gasteiger partial charge in [-0.2, -0.15) is 0 Å². The summed E-state index contributed by atoms with van der Waals surface area (Å²) in [5.74, 6) is 2.68. The Morgan fingerprint density at radius 1 is 1.25 bits per heavy atom. The molecular formula is C19H24ClNO3. The van der Waals surface area contributed by atoms with Crippen LogP contribution in [-0.4, -0.2) is 19.2 Å². The topological polar surface area (TPSA) is 44.5 Å². The highest BCUT2D eigenvalue weighted by atomic mass is 35.5. The average Bonchev–Trinajstić information content (AvgIpc) is 3.06. The molecule has 4 nitrogen and oxygen atoms in total. The summed E-state index contributed by atoms with van der Waals surface area (Å²) in [5, 5.41) is -0.0286. The van der Waals surface area contributed by atoms with Crippen LogP contribution in [0.4, 0.5) is 0 Å². The van der Waals surface area contributed by atoms with E-state index in [0.29, 0.717) is 18.4 Å². The lowest BCUT2D eigenvalue weighted by molar-refractivity contribution is 0.163. The molecule has 0 amide bonds. The van der Waals surface area contributed by atoms with E-state index in [1.54, 1.807) is 20.4 Å². The number of methoxy groups -OCH3 is 2. The molecule has 5 heteroatoms. The van der Waals surface area contributed by atoms with E-state index in [4.69, 9.17) is 25.5 Å². The summed E-state index contributed by atoms with van der Waals surface area (Å²) in [5.41, 5.74) is 1.96. The molecule has 2 aromatic rings. The number of furan rings is 1. The second kappa shape index (κ2) is 8.04. The lowest BCUT2D eigenvalue weighted by atomic mass is 9.84. The zero-order valence-electron chi connectivity index (χ0n) is 14.3. The van der Waals surface area contributed by atoms with Crippen LogP contribution >= 0.6 is 11.6 Å². The number of hydrogen-bond donors (Lipinski definition) is 0. The molecule has 0 N–H and O–H groups in total. The van der Waals surface area contributed by atoms with Gasteiger partial charge in [-0.15, -0.1) is 11.6 Å². The molecule has 3 rings (SSSR count). The molecule has 1 fully saturated rings. The first-order valence-electron chi connectivity index (χ1n) is 8.49. The minimum absolute atomic E-state index is 0.0286. The molecule has 0 aromatic carbocycles. The molecule has 1 atom stereocenters. The van der Waals surface area contributed by atoms with Gasteiger partial charge in [0.2, 0.25) is 5.88 Å². The fourth-order valence-electron chi connectivity index (χ4n) is 3.39. The maximum Gasteiger partial charge on any atom is 0.212 e. The van der Waals surface area contributed by atoms with Crippen molar-refractivity contribution in [3.8, 4) is 17.2 Å². The fourth-order valence-corrected chi connectivity index (χ4v) is 3.83. The van der Waals surface area contributed by atoms with Crippen LogP contribution in [0.1, 0.15) is 48.8 Å². The van der Waals surface area contributed by atoms with Gasteiger partial charge in [-0.1, -0.05) is 19.3 Å². The largest absolute Gasteiger partial charge is 0.481 e. The van der Waals surface area contributed by atoms with Gasteiger partial charge < -0.3 is 13.9 Å². The maximum absolute atomic E-state index is 6.82. The second-order valence-electron chi connectivity index (χ2n) is 6.31. The van der Waals surface area contributed by atoms with Crippen molar-refractivity contribution in [1.29, 1.82) is 0 Å². The SMILES string of the molecule is COCc1oc(-c2ccc(OC)nc2)cc1C(Cl)C1CCCCC1. The Hall–Kier alpha value is -1.52. The number of aromatic nitrogens is 1. The van der Waals surface area contributed by atoms with Gasteiger partial charge in [0.1, 0.15) is 18.1 Å². The Bertz CT molecular complexity index is 647. The normalized spacial score (nSPS) is 17.0. The smallest absolute Gasteiger partial charge is 0.212 e. The monoisotopic (exact) mass is 349 g/mol. The third-order valence-corrected chi connectivity index (χ3v) is 5.30. The molecular weight excluding hydrogens is 326 g/mol. The van der Waals surface area contributed by atoms with Crippen molar-refractivity contribution >= 4 is 11.6 Å². The summed E-state index contributed by atoms with van der Waals surface area (Å²) in [4.78, 5) is 4.25. The third kappa shape index (κ3) is 3.76. The standard InChI is InChI=1S/C19H24ClNO3/c1-22-12-17-15(19(20)13-6-4-3-5-7-13)10-16(24-17)14-8-9-18(23-2)21-11-14/h8-11,13,19H,3-7,12H2,1-2H3. The van der Waals surface area contributed by atoms with Crippen molar-refractivity contribution in [3.63, 3.8) is 0 Å². The Morgan fingerprint density at radius 3 is 2.67 bits per heavy atom. The summed E-state index contributed by atoms with van der Waals surface area (Å²) >= 11 is 6.82. The molecule has 0 aliphatic heterocycles. The van der Waals surface area contributed by atoms with Crippen molar-refractivity contribution in [3.05, 3.63) is 35.7 Å². The number of hydrogen-bond acceptors (Lipinski definition) is 4. The Labute approximate surface area is 148 Å². The van der Waals surface area contributed by atoms with E-state index in [9.17, 15) is 0 Å². The first-order chi connectivity index (χ1) is 11.7. The predicted molar refractivity (Wildman–Crippen MR) is 94.4 cm³/mol. The zero-order chi connectivity index (χ0) is 16.9. The molecule has 24 heavy (non-hydrogen) atoms. The highest BCUT2D eigenvalue weighted by Gasteiger charge is 2.27. The molecule has 0 radical (unpaired) electrons. The molecule has 0 spiro atoms. The third-order valence-electron chi connectivity index (χ3n) is 4.71. The minimum atomic E-state index is -0.0286. The molecule has 130 valence electrons. The van der Waals surface area contributed by atoms with Crippen LogP contribution < -0.4 is 4.74 Å². The van der Waals surface area contributed by atoms with Gasteiger partial charge in [0, 0.05) is 30.5 Å². The van der Waals surface area contributed by atoms with Gasteiger partial charge in [-0.3, -0.25) is 0 Å². The quantitative estimate of drug-likeness (QED) is 0.659. The van der Waals surface area contributed by atoms with Gasteiger partial charge in [0.05, 0.1) is 12.5 Å². The highest BCUT2D eigenvalue weighted by Crippen LogP contribution is 2.42. The van der Waals surface area contributed by atoms with Crippen LogP contribution in [-0.2, 0) is 11.3 Å². The van der Waals surface area contributed by atoms with Gasteiger partial charge in [0.25, 0.3) is 0 Å².